The molecule has 0 atom stereocenters. The molecule has 2 amide bonds. The number of anilines is 1. The lowest BCUT2D eigenvalue weighted by atomic mass is 10.1. The number of nitrogens with one attached hydrogen (secondary N) is 1. The van der Waals surface area contributed by atoms with Crippen LogP contribution in [0, 0.1) is 0 Å². The molecule has 0 bridgehead atoms. The molecule has 0 unspecified atom stereocenters. The first-order valence-electron chi connectivity index (χ1n) is 9.18. The summed E-state index contributed by atoms with van der Waals surface area (Å²) in [5.41, 5.74) is 10.0. The minimum atomic E-state index is -0.148. The average Bonchev–Trinajstić information content (AvgIpc) is 3.12. The molecule has 2 heterocycles. The number of amides is 2. The zero-order chi connectivity index (χ0) is 20.4. The van der Waals surface area contributed by atoms with Gasteiger partial charge in [0.05, 0.1) is 29.5 Å². The average molecular weight is 428 g/mol. The summed E-state index contributed by atoms with van der Waals surface area (Å²) in [4.78, 5) is 23.0. The Morgan fingerprint density at radius 3 is 2.66 bits per heavy atom. The Kier molecular flexibility index (Phi) is 5.56. The van der Waals surface area contributed by atoms with Crippen LogP contribution < -0.4 is 11.1 Å². The number of rotatable bonds is 4. The lowest BCUT2D eigenvalue weighted by Crippen LogP contribution is -2.37. The Morgan fingerprint density at radius 1 is 1.10 bits per heavy atom. The van der Waals surface area contributed by atoms with Crippen LogP contribution in [0.2, 0.25) is 10.0 Å². The number of carbonyl (C=O) groups is 1. The molecule has 1 aromatic heterocycles. The Morgan fingerprint density at radius 2 is 1.90 bits per heavy atom. The van der Waals surface area contributed by atoms with Gasteiger partial charge in [0.25, 0.3) is 0 Å². The van der Waals surface area contributed by atoms with Gasteiger partial charge in [-0.05, 0) is 30.2 Å². The number of urea groups is 1. The Balaban J connectivity index is 1.49. The fraction of sp³-hybridized carbons (Fsp3) is 0.190. The number of aromatic nitrogens is 2. The van der Waals surface area contributed by atoms with Crippen molar-refractivity contribution in [2.45, 2.75) is 19.5 Å². The van der Waals surface area contributed by atoms with E-state index in [-0.39, 0.29) is 12.0 Å². The summed E-state index contributed by atoms with van der Waals surface area (Å²) in [6.07, 6.45) is 0.770. The van der Waals surface area contributed by atoms with Crippen LogP contribution in [0.5, 0.6) is 0 Å². The Labute approximate surface area is 178 Å². The minimum Gasteiger partial charge on any atom is -0.368 e. The number of hydrogen-bond acceptors (Lipinski definition) is 4. The van der Waals surface area contributed by atoms with E-state index in [1.807, 2.05) is 30.3 Å². The van der Waals surface area contributed by atoms with Crippen LogP contribution in [0.3, 0.4) is 0 Å². The van der Waals surface area contributed by atoms with E-state index in [4.69, 9.17) is 28.9 Å². The second-order valence-corrected chi connectivity index (χ2v) is 7.65. The third-order valence-corrected chi connectivity index (χ3v) is 5.35. The van der Waals surface area contributed by atoms with Crippen molar-refractivity contribution in [3.63, 3.8) is 0 Å². The van der Waals surface area contributed by atoms with Crippen LogP contribution in [-0.2, 0) is 19.5 Å². The molecule has 148 valence electrons. The predicted molar refractivity (Wildman–Crippen MR) is 115 cm³/mol. The van der Waals surface area contributed by atoms with E-state index in [0.29, 0.717) is 40.9 Å². The van der Waals surface area contributed by atoms with E-state index in [2.05, 4.69) is 15.3 Å². The highest BCUT2D eigenvalue weighted by Crippen LogP contribution is 2.35. The van der Waals surface area contributed by atoms with Crippen molar-refractivity contribution in [1.29, 1.82) is 0 Å². The summed E-state index contributed by atoms with van der Waals surface area (Å²) in [5.74, 6) is 0.149. The van der Waals surface area contributed by atoms with Crippen molar-refractivity contribution in [2.24, 2.45) is 0 Å². The molecule has 3 aromatic rings. The van der Waals surface area contributed by atoms with E-state index in [0.717, 1.165) is 17.7 Å². The van der Waals surface area contributed by atoms with Crippen LogP contribution in [0.1, 0.15) is 16.8 Å². The molecule has 0 spiro atoms. The van der Waals surface area contributed by atoms with E-state index >= 15 is 0 Å². The van der Waals surface area contributed by atoms with Crippen LogP contribution in [-0.4, -0.2) is 27.4 Å². The predicted octanol–water partition coefficient (Wildman–Crippen LogP) is 4.30. The molecule has 0 radical (unpaired) electrons. The monoisotopic (exact) mass is 427 g/mol. The number of nitrogen functional groups attached to an aromatic ring is 1. The van der Waals surface area contributed by atoms with E-state index in [1.54, 1.807) is 23.1 Å². The zero-order valence-corrected chi connectivity index (χ0v) is 17.0. The van der Waals surface area contributed by atoms with Gasteiger partial charge in [-0.2, -0.15) is 0 Å². The molecule has 0 fully saturated rings. The van der Waals surface area contributed by atoms with Gasteiger partial charge in [0.1, 0.15) is 0 Å². The molecular formula is C21H19Cl2N5O. The first kappa shape index (κ1) is 19.5. The van der Waals surface area contributed by atoms with E-state index in [9.17, 15) is 4.79 Å². The Hall–Kier alpha value is -2.83. The van der Waals surface area contributed by atoms with Crippen molar-refractivity contribution in [3.8, 4) is 11.3 Å². The first-order chi connectivity index (χ1) is 14.0. The van der Waals surface area contributed by atoms with E-state index < -0.39 is 0 Å². The summed E-state index contributed by atoms with van der Waals surface area (Å²) >= 11 is 12.4. The van der Waals surface area contributed by atoms with Crippen molar-refractivity contribution in [3.05, 3.63) is 75.4 Å². The van der Waals surface area contributed by atoms with Crippen LogP contribution >= 0.6 is 23.2 Å². The highest BCUT2D eigenvalue weighted by Gasteiger charge is 2.29. The molecular weight excluding hydrogens is 409 g/mol. The Bertz CT molecular complexity index is 1060. The van der Waals surface area contributed by atoms with Gasteiger partial charge in [-0.3, -0.25) is 0 Å². The van der Waals surface area contributed by atoms with Gasteiger partial charge in [0.2, 0.25) is 5.95 Å². The second-order valence-electron chi connectivity index (χ2n) is 6.80. The molecule has 0 saturated carbocycles. The quantitative estimate of drug-likeness (QED) is 0.649. The number of benzene rings is 2. The highest BCUT2D eigenvalue weighted by molar-refractivity contribution is 6.36. The summed E-state index contributed by atoms with van der Waals surface area (Å²) in [7, 11) is 0. The van der Waals surface area contributed by atoms with Crippen LogP contribution in [0.4, 0.5) is 10.7 Å². The number of carbonyl (C=O) groups excluding carboxylic acids is 1. The maximum absolute atomic E-state index is 12.6. The summed E-state index contributed by atoms with van der Waals surface area (Å²) in [6.45, 7) is 1.32. The third kappa shape index (κ3) is 4.28. The van der Waals surface area contributed by atoms with Crippen molar-refractivity contribution >= 4 is 35.2 Å². The van der Waals surface area contributed by atoms with Gasteiger partial charge in [-0.15, -0.1) is 0 Å². The molecule has 3 N–H and O–H groups in total. The van der Waals surface area contributed by atoms with Gasteiger partial charge in [0.15, 0.2) is 0 Å². The normalized spacial score (nSPS) is 12.7. The van der Waals surface area contributed by atoms with Crippen molar-refractivity contribution in [2.75, 3.05) is 12.3 Å². The molecule has 29 heavy (non-hydrogen) atoms. The molecule has 0 aliphatic carbocycles. The standard InChI is InChI=1S/C21H19Cl2N5O/c22-14-6-7-15(17(23)10-14)19-16-11-28(12-18(16)26-20(24)27-19)21(29)25-9-8-13-4-2-1-3-5-13/h1-7,10H,8-9,11-12H2,(H,25,29)(H2,24,26,27). The second kappa shape index (κ2) is 8.27. The molecule has 8 heteroatoms. The molecule has 1 aliphatic rings. The maximum atomic E-state index is 12.6. The van der Waals surface area contributed by atoms with Gasteiger partial charge in [-0.1, -0.05) is 53.5 Å². The van der Waals surface area contributed by atoms with Gasteiger partial charge in [0, 0.05) is 22.7 Å². The number of nitrogens with two attached hydrogens (primary N) is 1. The summed E-state index contributed by atoms with van der Waals surface area (Å²) in [5, 5.41) is 3.98. The molecule has 2 aromatic carbocycles. The first-order valence-corrected chi connectivity index (χ1v) is 9.94. The molecule has 0 saturated heterocycles. The van der Waals surface area contributed by atoms with Gasteiger partial charge < -0.3 is 16.0 Å². The number of fused-ring (bicyclic) bond motifs is 1. The van der Waals surface area contributed by atoms with Crippen molar-refractivity contribution in [1.82, 2.24) is 20.2 Å². The van der Waals surface area contributed by atoms with Crippen molar-refractivity contribution < 1.29 is 4.79 Å². The minimum absolute atomic E-state index is 0.148. The van der Waals surface area contributed by atoms with Crippen LogP contribution in [0.15, 0.2) is 48.5 Å². The number of nitrogens with zero attached hydrogens (tertiary/aromatic N) is 3. The van der Waals surface area contributed by atoms with Crippen LogP contribution in [0.25, 0.3) is 11.3 Å². The largest absolute Gasteiger partial charge is 0.368 e. The SMILES string of the molecule is Nc1nc2c(c(-c3ccc(Cl)cc3Cl)n1)CN(C(=O)NCCc1ccccc1)C2. The smallest absolute Gasteiger partial charge is 0.318 e. The highest BCUT2D eigenvalue weighted by atomic mass is 35.5. The fourth-order valence-electron chi connectivity index (χ4n) is 3.39. The number of halogens is 2. The number of hydrogen-bond donors (Lipinski definition) is 2. The maximum Gasteiger partial charge on any atom is 0.318 e. The lowest BCUT2D eigenvalue weighted by molar-refractivity contribution is 0.198. The van der Waals surface area contributed by atoms with Gasteiger partial charge in [-0.25, -0.2) is 14.8 Å². The summed E-state index contributed by atoms with van der Waals surface area (Å²) in [6, 6.07) is 15.1. The topological polar surface area (TPSA) is 84.1 Å². The van der Waals surface area contributed by atoms with E-state index in [1.165, 1.54) is 5.56 Å². The van der Waals surface area contributed by atoms with Gasteiger partial charge >= 0.3 is 6.03 Å². The zero-order valence-electron chi connectivity index (χ0n) is 15.5. The lowest BCUT2D eigenvalue weighted by Gasteiger charge is -2.16. The fourth-order valence-corrected chi connectivity index (χ4v) is 3.89. The third-order valence-electron chi connectivity index (χ3n) is 4.81. The summed E-state index contributed by atoms with van der Waals surface area (Å²) < 4.78 is 0. The molecule has 1 aliphatic heterocycles. The molecule has 6 nitrogen and oxygen atoms in total. The molecule has 4 rings (SSSR count).